The number of piperidine rings is 2. The molecule has 0 spiro atoms. The van der Waals surface area contributed by atoms with Crippen molar-refractivity contribution >= 4 is 23.2 Å². The van der Waals surface area contributed by atoms with Crippen LogP contribution in [0.4, 0.5) is 17.3 Å². The third kappa shape index (κ3) is 4.71. The SMILES string of the molecule is CN1CCC(c2ccc(Nc3nc(N4CCCC(N)C4)cnc3C(N)=O)cc2)CC1. The van der Waals surface area contributed by atoms with Crippen LogP contribution in [0.25, 0.3) is 0 Å². The monoisotopic (exact) mass is 409 g/mol. The van der Waals surface area contributed by atoms with Crippen LogP contribution in [-0.2, 0) is 0 Å². The topological polar surface area (TPSA) is 113 Å². The molecular weight excluding hydrogens is 378 g/mol. The molecule has 1 atom stereocenters. The third-order valence-corrected chi connectivity index (χ3v) is 6.14. The first-order valence-corrected chi connectivity index (χ1v) is 10.7. The van der Waals surface area contributed by atoms with Crippen LogP contribution in [-0.4, -0.2) is 60.0 Å². The smallest absolute Gasteiger partial charge is 0.271 e. The second kappa shape index (κ2) is 8.97. The number of primary amides is 1. The molecule has 0 saturated carbocycles. The van der Waals surface area contributed by atoms with Crippen molar-refractivity contribution in [2.24, 2.45) is 11.5 Å². The van der Waals surface area contributed by atoms with Gasteiger partial charge < -0.3 is 26.6 Å². The van der Waals surface area contributed by atoms with Crippen molar-refractivity contribution in [3.8, 4) is 0 Å². The van der Waals surface area contributed by atoms with E-state index in [1.165, 1.54) is 18.4 Å². The van der Waals surface area contributed by atoms with E-state index in [0.29, 0.717) is 17.6 Å². The van der Waals surface area contributed by atoms with Crippen LogP contribution in [0.15, 0.2) is 30.5 Å². The van der Waals surface area contributed by atoms with E-state index in [4.69, 9.17) is 11.5 Å². The quantitative estimate of drug-likeness (QED) is 0.693. The standard InChI is InChI=1S/C22H31N7O/c1-28-11-8-16(9-12-28)15-4-6-18(7-5-15)26-22-20(21(24)30)25-13-19(27-22)29-10-2-3-17(23)14-29/h4-7,13,16-17H,2-3,8-12,14,23H2,1H3,(H2,24,30)(H,26,27). The molecule has 1 amide bonds. The molecule has 2 fully saturated rings. The Morgan fingerprint density at radius 2 is 1.87 bits per heavy atom. The normalized spacial score (nSPS) is 20.9. The zero-order chi connectivity index (χ0) is 21.1. The van der Waals surface area contributed by atoms with Gasteiger partial charge in [-0.25, -0.2) is 9.97 Å². The fourth-order valence-electron chi connectivity index (χ4n) is 4.33. The average molecular weight is 410 g/mol. The lowest BCUT2D eigenvalue weighted by atomic mass is 9.89. The Balaban J connectivity index is 1.52. The van der Waals surface area contributed by atoms with E-state index in [2.05, 4.69) is 44.3 Å². The van der Waals surface area contributed by atoms with Crippen molar-refractivity contribution in [2.75, 3.05) is 43.4 Å². The number of aromatic nitrogens is 2. The maximum atomic E-state index is 11.9. The zero-order valence-corrected chi connectivity index (χ0v) is 17.6. The van der Waals surface area contributed by atoms with Crippen molar-refractivity contribution in [1.29, 1.82) is 0 Å². The molecule has 8 heteroatoms. The number of anilines is 3. The van der Waals surface area contributed by atoms with E-state index < -0.39 is 5.91 Å². The Labute approximate surface area is 177 Å². The Hall–Kier alpha value is -2.71. The van der Waals surface area contributed by atoms with E-state index in [-0.39, 0.29) is 11.7 Å². The number of hydrogen-bond acceptors (Lipinski definition) is 7. The van der Waals surface area contributed by atoms with Crippen LogP contribution in [0.3, 0.4) is 0 Å². The summed E-state index contributed by atoms with van der Waals surface area (Å²) in [5.41, 5.74) is 14.0. The number of rotatable bonds is 5. The Kier molecular flexibility index (Phi) is 6.15. The molecule has 0 radical (unpaired) electrons. The number of nitrogens with zero attached hydrogens (tertiary/aromatic N) is 4. The largest absolute Gasteiger partial charge is 0.364 e. The molecule has 160 valence electrons. The molecule has 1 aromatic carbocycles. The first-order chi connectivity index (χ1) is 14.5. The van der Waals surface area contributed by atoms with Crippen LogP contribution >= 0.6 is 0 Å². The predicted octanol–water partition coefficient (Wildman–Crippen LogP) is 2.06. The average Bonchev–Trinajstić information content (AvgIpc) is 2.75. The molecule has 1 unspecified atom stereocenters. The summed E-state index contributed by atoms with van der Waals surface area (Å²) >= 11 is 0. The lowest BCUT2D eigenvalue weighted by molar-refractivity contribution is 0.0996. The van der Waals surface area contributed by atoms with Crippen LogP contribution in [0, 0.1) is 0 Å². The minimum Gasteiger partial charge on any atom is -0.364 e. The number of likely N-dealkylation sites (tertiary alicyclic amines) is 1. The van der Waals surface area contributed by atoms with Crippen molar-refractivity contribution < 1.29 is 4.79 Å². The summed E-state index contributed by atoms with van der Waals surface area (Å²) < 4.78 is 0. The number of carbonyl (C=O) groups excluding carboxylic acids is 1. The number of nitrogens with one attached hydrogen (secondary N) is 1. The molecular formula is C22H31N7O. The van der Waals surface area contributed by atoms with Crippen molar-refractivity contribution in [1.82, 2.24) is 14.9 Å². The molecule has 0 aliphatic carbocycles. The number of benzene rings is 1. The van der Waals surface area contributed by atoms with Gasteiger partial charge >= 0.3 is 0 Å². The minimum atomic E-state index is -0.602. The summed E-state index contributed by atoms with van der Waals surface area (Å²) in [6.07, 6.45) is 5.99. The van der Waals surface area contributed by atoms with Gasteiger partial charge in [-0.2, -0.15) is 0 Å². The fraction of sp³-hybridized carbons (Fsp3) is 0.500. The minimum absolute atomic E-state index is 0.125. The van der Waals surface area contributed by atoms with Crippen LogP contribution < -0.4 is 21.7 Å². The van der Waals surface area contributed by atoms with Gasteiger partial charge in [-0.3, -0.25) is 4.79 Å². The highest BCUT2D eigenvalue weighted by molar-refractivity contribution is 5.96. The van der Waals surface area contributed by atoms with E-state index in [9.17, 15) is 4.79 Å². The Morgan fingerprint density at radius 1 is 1.13 bits per heavy atom. The fourth-order valence-corrected chi connectivity index (χ4v) is 4.33. The van der Waals surface area contributed by atoms with Gasteiger partial charge in [-0.05, 0) is 69.4 Å². The highest BCUT2D eigenvalue weighted by Gasteiger charge is 2.21. The summed E-state index contributed by atoms with van der Waals surface area (Å²) in [6.45, 7) is 3.88. The molecule has 30 heavy (non-hydrogen) atoms. The number of hydrogen-bond donors (Lipinski definition) is 3. The summed E-state index contributed by atoms with van der Waals surface area (Å²) in [5, 5.41) is 3.24. The molecule has 3 heterocycles. The van der Waals surface area contributed by atoms with Gasteiger partial charge in [0.15, 0.2) is 11.5 Å². The molecule has 2 aromatic rings. The first-order valence-electron chi connectivity index (χ1n) is 10.7. The highest BCUT2D eigenvalue weighted by atomic mass is 16.1. The van der Waals surface area contributed by atoms with E-state index in [1.807, 2.05) is 12.1 Å². The molecule has 2 saturated heterocycles. The summed E-state index contributed by atoms with van der Waals surface area (Å²) in [6, 6.07) is 8.50. The maximum absolute atomic E-state index is 11.9. The van der Waals surface area contributed by atoms with Crippen molar-refractivity contribution in [3.05, 3.63) is 41.7 Å². The van der Waals surface area contributed by atoms with Gasteiger partial charge in [0.1, 0.15) is 5.82 Å². The summed E-state index contributed by atoms with van der Waals surface area (Å²) in [7, 11) is 2.17. The molecule has 2 aliphatic rings. The number of amides is 1. The van der Waals surface area contributed by atoms with Crippen molar-refractivity contribution in [2.45, 2.75) is 37.6 Å². The van der Waals surface area contributed by atoms with Gasteiger partial charge in [0.25, 0.3) is 5.91 Å². The Bertz CT molecular complexity index is 878. The molecule has 0 bridgehead atoms. The van der Waals surface area contributed by atoms with Crippen LogP contribution in [0.1, 0.15) is 47.7 Å². The lowest BCUT2D eigenvalue weighted by Crippen LogP contribution is -2.43. The van der Waals surface area contributed by atoms with Gasteiger partial charge in [0, 0.05) is 24.8 Å². The second-order valence-corrected chi connectivity index (χ2v) is 8.46. The van der Waals surface area contributed by atoms with Crippen molar-refractivity contribution in [3.63, 3.8) is 0 Å². The molecule has 1 aromatic heterocycles. The highest BCUT2D eigenvalue weighted by Crippen LogP contribution is 2.29. The Morgan fingerprint density at radius 3 is 2.53 bits per heavy atom. The maximum Gasteiger partial charge on any atom is 0.271 e. The van der Waals surface area contributed by atoms with Gasteiger partial charge in [-0.15, -0.1) is 0 Å². The summed E-state index contributed by atoms with van der Waals surface area (Å²) in [4.78, 5) is 25.3. The van der Waals surface area contributed by atoms with E-state index >= 15 is 0 Å². The van der Waals surface area contributed by atoms with Gasteiger partial charge in [0.05, 0.1) is 6.20 Å². The van der Waals surface area contributed by atoms with Gasteiger partial charge in [0.2, 0.25) is 0 Å². The molecule has 2 aliphatic heterocycles. The first kappa shape index (κ1) is 20.6. The van der Waals surface area contributed by atoms with Crippen LogP contribution in [0.5, 0.6) is 0 Å². The summed E-state index contributed by atoms with van der Waals surface area (Å²) in [5.74, 6) is 1.09. The molecule has 4 rings (SSSR count). The lowest BCUT2D eigenvalue weighted by Gasteiger charge is -2.31. The third-order valence-electron chi connectivity index (χ3n) is 6.14. The van der Waals surface area contributed by atoms with Gasteiger partial charge in [-0.1, -0.05) is 12.1 Å². The number of carbonyl (C=O) groups is 1. The van der Waals surface area contributed by atoms with E-state index in [1.54, 1.807) is 6.20 Å². The van der Waals surface area contributed by atoms with E-state index in [0.717, 1.165) is 44.7 Å². The zero-order valence-electron chi connectivity index (χ0n) is 17.6. The van der Waals surface area contributed by atoms with Crippen LogP contribution in [0.2, 0.25) is 0 Å². The second-order valence-electron chi connectivity index (χ2n) is 8.46. The molecule has 5 N–H and O–H groups in total. The molecule has 8 nitrogen and oxygen atoms in total. The number of nitrogens with two attached hydrogens (primary N) is 2. The predicted molar refractivity (Wildman–Crippen MR) is 119 cm³/mol.